The molecule has 0 unspecified atom stereocenters. The first-order valence-electron chi connectivity index (χ1n) is 10.3. The second-order valence-corrected chi connectivity index (χ2v) is 7.93. The van der Waals surface area contributed by atoms with Crippen molar-refractivity contribution in [3.63, 3.8) is 0 Å². The van der Waals surface area contributed by atoms with E-state index in [0.717, 1.165) is 12.8 Å². The third kappa shape index (κ3) is 3.41. The van der Waals surface area contributed by atoms with Crippen LogP contribution in [0.4, 0.5) is 10.2 Å². The number of nitrogens with zero attached hydrogens (tertiary/aromatic N) is 3. The molecule has 0 radical (unpaired) electrons. The van der Waals surface area contributed by atoms with Crippen LogP contribution in [0.15, 0.2) is 43.0 Å². The SMILES string of the molecule is CNC(=O)c1cnc(NC(=O)C2CC2)c2[nH]c(-c3cccc(-c4cn(C)cn4)c3F)cc12. The predicted molar refractivity (Wildman–Crippen MR) is 118 cm³/mol. The Bertz CT molecular complexity index is 1370. The normalized spacial score (nSPS) is 13.3. The second kappa shape index (κ2) is 7.60. The van der Waals surface area contributed by atoms with E-state index < -0.39 is 5.82 Å². The summed E-state index contributed by atoms with van der Waals surface area (Å²) >= 11 is 0. The zero-order valence-electron chi connectivity index (χ0n) is 17.6. The van der Waals surface area contributed by atoms with Crippen molar-refractivity contribution in [3.05, 3.63) is 54.4 Å². The van der Waals surface area contributed by atoms with Gasteiger partial charge >= 0.3 is 0 Å². The fourth-order valence-corrected chi connectivity index (χ4v) is 3.73. The molecule has 0 spiro atoms. The monoisotopic (exact) mass is 432 g/mol. The van der Waals surface area contributed by atoms with E-state index in [2.05, 4.69) is 25.6 Å². The summed E-state index contributed by atoms with van der Waals surface area (Å²) < 4.78 is 17.2. The van der Waals surface area contributed by atoms with Crippen molar-refractivity contribution in [2.45, 2.75) is 12.8 Å². The number of aryl methyl sites for hydroxylation is 1. The summed E-state index contributed by atoms with van der Waals surface area (Å²) in [7, 11) is 3.35. The molecule has 162 valence electrons. The number of fused-ring (bicyclic) bond motifs is 1. The van der Waals surface area contributed by atoms with Gasteiger partial charge in [0.25, 0.3) is 5.91 Å². The first-order valence-corrected chi connectivity index (χ1v) is 10.3. The van der Waals surface area contributed by atoms with Gasteiger partial charge in [-0.1, -0.05) is 6.07 Å². The summed E-state index contributed by atoms with van der Waals surface area (Å²) in [5.74, 6) is -0.554. The fourth-order valence-electron chi connectivity index (χ4n) is 3.73. The molecule has 32 heavy (non-hydrogen) atoms. The summed E-state index contributed by atoms with van der Waals surface area (Å²) in [6.07, 6.45) is 6.48. The molecule has 0 bridgehead atoms. The average Bonchev–Trinajstić information content (AvgIpc) is 3.41. The largest absolute Gasteiger partial charge is 0.355 e. The maximum Gasteiger partial charge on any atom is 0.253 e. The number of imidazole rings is 1. The minimum Gasteiger partial charge on any atom is -0.355 e. The van der Waals surface area contributed by atoms with Crippen molar-refractivity contribution in [1.82, 2.24) is 24.8 Å². The Hall–Kier alpha value is -4.01. The minimum atomic E-state index is -0.434. The molecular formula is C23H21FN6O2. The topological polar surface area (TPSA) is 105 Å². The lowest BCUT2D eigenvalue weighted by atomic mass is 10.0. The Balaban J connectivity index is 1.65. The van der Waals surface area contributed by atoms with E-state index in [0.29, 0.717) is 44.8 Å². The lowest BCUT2D eigenvalue weighted by Gasteiger charge is -2.07. The highest BCUT2D eigenvalue weighted by Crippen LogP contribution is 2.35. The minimum absolute atomic E-state index is 0.00704. The van der Waals surface area contributed by atoms with Crippen LogP contribution in [0.5, 0.6) is 0 Å². The summed E-state index contributed by atoms with van der Waals surface area (Å²) in [5.41, 5.74) is 2.48. The molecule has 4 aromatic rings. The van der Waals surface area contributed by atoms with Crippen molar-refractivity contribution < 1.29 is 14.0 Å². The number of aromatic nitrogens is 4. The molecule has 3 N–H and O–H groups in total. The van der Waals surface area contributed by atoms with Crippen LogP contribution >= 0.6 is 0 Å². The number of benzene rings is 1. The Morgan fingerprint density at radius 1 is 1.22 bits per heavy atom. The quantitative estimate of drug-likeness (QED) is 0.449. The summed E-state index contributed by atoms with van der Waals surface area (Å²) in [5, 5.41) is 5.97. The van der Waals surface area contributed by atoms with Crippen LogP contribution in [0.25, 0.3) is 33.4 Å². The van der Waals surface area contributed by atoms with Crippen molar-refractivity contribution in [2.75, 3.05) is 12.4 Å². The van der Waals surface area contributed by atoms with E-state index in [1.165, 1.54) is 13.2 Å². The predicted octanol–water partition coefficient (Wildman–Crippen LogP) is 3.48. The van der Waals surface area contributed by atoms with Gasteiger partial charge in [-0.2, -0.15) is 0 Å². The molecule has 0 saturated heterocycles. The van der Waals surface area contributed by atoms with Crippen LogP contribution in [-0.2, 0) is 11.8 Å². The maximum absolute atomic E-state index is 15.5. The molecule has 1 aliphatic carbocycles. The molecule has 2 amide bonds. The zero-order valence-corrected chi connectivity index (χ0v) is 17.6. The van der Waals surface area contributed by atoms with Crippen LogP contribution in [-0.4, -0.2) is 38.4 Å². The highest BCUT2D eigenvalue weighted by Gasteiger charge is 2.30. The number of nitrogens with one attached hydrogen (secondary N) is 3. The van der Waals surface area contributed by atoms with E-state index in [9.17, 15) is 9.59 Å². The smallest absolute Gasteiger partial charge is 0.253 e. The third-order valence-corrected chi connectivity index (χ3v) is 5.60. The lowest BCUT2D eigenvalue weighted by molar-refractivity contribution is -0.117. The number of pyridine rings is 1. The Kier molecular flexibility index (Phi) is 4.73. The molecule has 3 aromatic heterocycles. The molecule has 8 nitrogen and oxygen atoms in total. The van der Waals surface area contributed by atoms with Gasteiger partial charge in [0.1, 0.15) is 5.82 Å². The number of hydrogen-bond acceptors (Lipinski definition) is 4. The Labute approximate surface area is 182 Å². The van der Waals surface area contributed by atoms with Crippen molar-refractivity contribution in [2.24, 2.45) is 13.0 Å². The molecule has 1 aliphatic rings. The number of halogens is 1. The van der Waals surface area contributed by atoms with Crippen molar-refractivity contribution >= 4 is 28.5 Å². The molecule has 5 rings (SSSR count). The molecular weight excluding hydrogens is 411 g/mol. The Morgan fingerprint density at radius 2 is 2.00 bits per heavy atom. The van der Waals surface area contributed by atoms with Crippen LogP contribution in [0.2, 0.25) is 0 Å². The van der Waals surface area contributed by atoms with Gasteiger partial charge in [-0.25, -0.2) is 14.4 Å². The zero-order chi connectivity index (χ0) is 22.4. The number of carbonyl (C=O) groups excluding carboxylic acids is 2. The van der Waals surface area contributed by atoms with E-state index in [-0.39, 0.29) is 17.7 Å². The van der Waals surface area contributed by atoms with Gasteiger partial charge in [0, 0.05) is 54.6 Å². The van der Waals surface area contributed by atoms with Crippen LogP contribution in [0.1, 0.15) is 23.2 Å². The van der Waals surface area contributed by atoms with Crippen molar-refractivity contribution in [1.29, 1.82) is 0 Å². The third-order valence-electron chi connectivity index (χ3n) is 5.60. The lowest BCUT2D eigenvalue weighted by Crippen LogP contribution is -2.19. The summed E-state index contributed by atoms with van der Waals surface area (Å²) in [6, 6.07) is 6.78. The number of anilines is 1. The highest BCUT2D eigenvalue weighted by molar-refractivity contribution is 6.11. The van der Waals surface area contributed by atoms with E-state index in [4.69, 9.17) is 0 Å². The number of H-pyrrole nitrogens is 1. The van der Waals surface area contributed by atoms with Gasteiger partial charge in [-0.15, -0.1) is 0 Å². The van der Waals surface area contributed by atoms with E-state index >= 15 is 4.39 Å². The standard InChI is InChI=1S/C23H21FN6O2/c1-25-23(32)16-9-26-21(29-22(31)12-6-7-12)20-15(16)8-17(28-20)13-4-3-5-14(19(13)24)18-10-30(2)11-27-18/h3-5,8-12,28H,6-7H2,1-2H3,(H,25,32)(H,26,29,31). The molecule has 9 heteroatoms. The summed E-state index contributed by atoms with van der Waals surface area (Å²) in [4.78, 5) is 36.4. The maximum atomic E-state index is 15.5. The van der Waals surface area contributed by atoms with E-state index in [1.807, 2.05) is 7.05 Å². The Morgan fingerprint density at radius 3 is 2.69 bits per heavy atom. The molecule has 0 atom stereocenters. The number of hydrogen-bond donors (Lipinski definition) is 3. The van der Waals surface area contributed by atoms with Gasteiger partial charge in [-0.05, 0) is 31.0 Å². The van der Waals surface area contributed by atoms with Gasteiger partial charge < -0.3 is 20.2 Å². The number of carbonyl (C=O) groups is 2. The van der Waals surface area contributed by atoms with Gasteiger partial charge in [0.05, 0.1) is 23.1 Å². The number of rotatable bonds is 5. The van der Waals surface area contributed by atoms with Crippen molar-refractivity contribution in [3.8, 4) is 22.5 Å². The average molecular weight is 432 g/mol. The number of amides is 2. The molecule has 1 aromatic carbocycles. The summed E-state index contributed by atoms with van der Waals surface area (Å²) in [6.45, 7) is 0. The second-order valence-electron chi connectivity index (χ2n) is 7.93. The fraction of sp³-hybridized carbons (Fsp3) is 0.217. The molecule has 3 heterocycles. The molecule has 1 fully saturated rings. The molecule has 0 aliphatic heterocycles. The van der Waals surface area contributed by atoms with Crippen LogP contribution in [0, 0.1) is 11.7 Å². The van der Waals surface area contributed by atoms with Gasteiger partial charge in [0.15, 0.2) is 5.82 Å². The van der Waals surface area contributed by atoms with Crippen LogP contribution in [0.3, 0.4) is 0 Å². The van der Waals surface area contributed by atoms with E-state index in [1.54, 1.807) is 41.4 Å². The first kappa shape index (κ1) is 19.9. The number of aromatic amines is 1. The molecule has 1 saturated carbocycles. The highest BCUT2D eigenvalue weighted by atomic mass is 19.1. The van der Waals surface area contributed by atoms with Gasteiger partial charge in [0.2, 0.25) is 5.91 Å². The first-order chi connectivity index (χ1) is 15.5. The van der Waals surface area contributed by atoms with Crippen LogP contribution < -0.4 is 10.6 Å². The van der Waals surface area contributed by atoms with Gasteiger partial charge in [-0.3, -0.25) is 9.59 Å².